The summed E-state index contributed by atoms with van der Waals surface area (Å²) in [6, 6.07) is 17.2. The predicted molar refractivity (Wildman–Crippen MR) is 109 cm³/mol. The average molecular weight is 367 g/mol. The second-order valence-electron chi connectivity index (χ2n) is 6.99. The minimum absolute atomic E-state index is 0.0409. The first-order valence-corrected chi connectivity index (χ1v) is 9.68. The molecule has 2 rings (SSSR count). The molecule has 0 spiro atoms. The first-order valence-electron chi connectivity index (χ1n) is 9.68. The van der Waals surface area contributed by atoms with Gasteiger partial charge in [-0.05, 0) is 31.4 Å². The second kappa shape index (κ2) is 10.5. The quantitative estimate of drug-likeness (QED) is 0.685. The van der Waals surface area contributed by atoms with Crippen LogP contribution in [0.15, 0.2) is 54.6 Å². The van der Waals surface area contributed by atoms with Crippen LogP contribution in [0.2, 0.25) is 0 Å². The summed E-state index contributed by atoms with van der Waals surface area (Å²) in [6.07, 6.45) is 2.25. The maximum Gasteiger partial charge on any atom is 0.242 e. The number of hydrogen-bond donors (Lipinski definition) is 1. The topological polar surface area (TPSA) is 49.4 Å². The van der Waals surface area contributed by atoms with Gasteiger partial charge in [0.05, 0.1) is 6.42 Å². The lowest BCUT2D eigenvalue weighted by atomic mass is 10.1. The van der Waals surface area contributed by atoms with Crippen molar-refractivity contribution < 1.29 is 9.59 Å². The monoisotopic (exact) mass is 366 g/mol. The molecule has 2 aromatic rings. The molecule has 4 heteroatoms. The van der Waals surface area contributed by atoms with Crippen LogP contribution in [0, 0.1) is 6.92 Å². The third-order valence-corrected chi connectivity index (χ3v) is 4.63. The Labute approximate surface area is 162 Å². The molecule has 1 atom stereocenters. The molecule has 2 aromatic carbocycles. The molecule has 4 nitrogen and oxygen atoms in total. The molecule has 0 heterocycles. The molecule has 0 radical (unpaired) electrons. The predicted octanol–water partition coefficient (Wildman–Crippen LogP) is 3.87. The van der Waals surface area contributed by atoms with E-state index < -0.39 is 6.04 Å². The lowest BCUT2D eigenvalue weighted by Crippen LogP contribution is -2.48. The van der Waals surface area contributed by atoms with Crippen LogP contribution in [0.5, 0.6) is 0 Å². The molecule has 0 bridgehead atoms. The van der Waals surface area contributed by atoms with Crippen molar-refractivity contribution in [2.45, 2.75) is 52.6 Å². The molecule has 27 heavy (non-hydrogen) atoms. The van der Waals surface area contributed by atoms with E-state index in [4.69, 9.17) is 0 Å². The number of carbonyl (C=O) groups is 2. The highest BCUT2D eigenvalue weighted by Gasteiger charge is 2.26. The molecule has 0 aliphatic rings. The summed E-state index contributed by atoms with van der Waals surface area (Å²) in [5.41, 5.74) is 3.13. The summed E-state index contributed by atoms with van der Waals surface area (Å²) in [7, 11) is 0. The fraction of sp³-hybridized carbons (Fsp3) is 0.391. The highest BCUT2D eigenvalue weighted by molar-refractivity contribution is 5.88. The van der Waals surface area contributed by atoms with Crippen LogP contribution in [0.1, 0.15) is 43.4 Å². The Balaban J connectivity index is 2.16. The third kappa shape index (κ3) is 6.55. The molecule has 144 valence electrons. The second-order valence-corrected chi connectivity index (χ2v) is 6.99. The van der Waals surface area contributed by atoms with Crippen LogP contribution < -0.4 is 5.32 Å². The number of amides is 2. The fourth-order valence-electron chi connectivity index (χ4n) is 3.00. The number of nitrogens with one attached hydrogen (secondary N) is 1. The van der Waals surface area contributed by atoms with E-state index in [1.165, 1.54) is 0 Å². The van der Waals surface area contributed by atoms with Crippen LogP contribution in [0.3, 0.4) is 0 Å². The van der Waals surface area contributed by atoms with Gasteiger partial charge in [0.15, 0.2) is 0 Å². The summed E-state index contributed by atoms with van der Waals surface area (Å²) < 4.78 is 0. The van der Waals surface area contributed by atoms with Gasteiger partial charge < -0.3 is 10.2 Å². The van der Waals surface area contributed by atoms with Gasteiger partial charge in [-0.1, -0.05) is 73.5 Å². The zero-order valence-electron chi connectivity index (χ0n) is 16.6. The van der Waals surface area contributed by atoms with E-state index in [2.05, 4.69) is 18.3 Å². The molecule has 0 aliphatic heterocycles. The van der Waals surface area contributed by atoms with Crippen molar-refractivity contribution in [2.75, 3.05) is 6.54 Å². The van der Waals surface area contributed by atoms with Gasteiger partial charge in [0.1, 0.15) is 6.04 Å². The Kier molecular flexibility index (Phi) is 8.05. The Bertz CT molecular complexity index is 743. The van der Waals surface area contributed by atoms with Crippen molar-refractivity contribution in [3.8, 4) is 0 Å². The van der Waals surface area contributed by atoms with E-state index in [9.17, 15) is 9.59 Å². The minimum atomic E-state index is -0.515. The minimum Gasteiger partial charge on any atom is -0.354 e. The van der Waals surface area contributed by atoms with Gasteiger partial charge in [-0.25, -0.2) is 0 Å². The number of rotatable bonds is 9. The largest absolute Gasteiger partial charge is 0.354 e. The number of unbranched alkanes of at least 4 members (excludes halogenated alkanes) is 1. The molecule has 0 fully saturated rings. The summed E-state index contributed by atoms with van der Waals surface area (Å²) in [5.74, 6) is -0.140. The first kappa shape index (κ1) is 20.7. The normalized spacial score (nSPS) is 11.7. The SMILES string of the molecule is CCCCNC(=O)[C@H](C)N(Cc1cccc(C)c1)C(=O)Cc1ccccc1. The molecular formula is C23H30N2O2. The average Bonchev–Trinajstić information content (AvgIpc) is 2.66. The highest BCUT2D eigenvalue weighted by Crippen LogP contribution is 2.13. The summed E-state index contributed by atoms with van der Waals surface area (Å²) in [6.45, 7) is 6.99. The number of carbonyl (C=O) groups excluding carboxylic acids is 2. The maximum absolute atomic E-state index is 13.0. The number of hydrogen-bond acceptors (Lipinski definition) is 2. The van der Waals surface area contributed by atoms with Crippen LogP contribution in [-0.4, -0.2) is 29.3 Å². The van der Waals surface area contributed by atoms with E-state index in [1.54, 1.807) is 11.8 Å². The fourth-order valence-corrected chi connectivity index (χ4v) is 3.00. The van der Waals surface area contributed by atoms with Gasteiger partial charge in [0, 0.05) is 13.1 Å². The number of nitrogens with zero attached hydrogens (tertiary/aromatic N) is 1. The Morgan fingerprint density at radius 3 is 2.41 bits per heavy atom. The lowest BCUT2D eigenvalue weighted by molar-refractivity contribution is -0.140. The third-order valence-electron chi connectivity index (χ3n) is 4.63. The molecule has 0 aromatic heterocycles. The summed E-state index contributed by atoms with van der Waals surface area (Å²) in [5, 5.41) is 2.95. The van der Waals surface area contributed by atoms with Gasteiger partial charge in [-0.3, -0.25) is 9.59 Å². The Morgan fingerprint density at radius 1 is 1.04 bits per heavy atom. The molecule has 2 amide bonds. The summed E-state index contributed by atoms with van der Waals surface area (Å²) >= 11 is 0. The molecule has 0 aliphatic carbocycles. The molecule has 0 saturated carbocycles. The van der Waals surface area contributed by atoms with Crippen molar-refractivity contribution in [2.24, 2.45) is 0 Å². The smallest absolute Gasteiger partial charge is 0.242 e. The first-order chi connectivity index (χ1) is 13.0. The molecular weight excluding hydrogens is 336 g/mol. The van der Waals surface area contributed by atoms with Crippen LogP contribution in [0.4, 0.5) is 0 Å². The lowest BCUT2D eigenvalue weighted by Gasteiger charge is -2.29. The number of aryl methyl sites for hydroxylation is 1. The van der Waals surface area contributed by atoms with E-state index in [1.807, 2.05) is 55.5 Å². The van der Waals surface area contributed by atoms with E-state index >= 15 is 0 Å². The van der Waals surface area contributed by atoms with Gasteiger partial charge in [0.2, 0.25) is 11.8 Å². The molecule has 0 saturated heterocycles. The van der Waals surface area contributed by atoms with Crippen molar-refractivity contribution in [3.63, 3.8) is 0 Å². The Hall–Kier alpha value is -2.62. The van der Waals surface area contributed by atoms with Crippen LogP contribution in [-0.2, 0) is 22.6 Å². The zero-order chi connectivity index (χ0) is 19.6. The van der Waals surface area contributed by atoms with Gasteiger partial charge >= 0.3 is 0 Å². The van der Waals surface area contributed by atoms with Crippen LogP contribution >= 0.6 is 0 Å². The van der Waals surface area contributed by atoms with Crippen molar-refractivity contribution in [3.05, 3.63) is 71.3 Å². The van der Waals surface area contributed by atoms with E-state index in [-0.39, 0.29) is 11.8 Å². The van der Waals surface area contributed by atoms with Crippen LogP contribution in [0.25, 0.3) is 0 Å². The van der Waals surface area contributed by atoms with Gasteiger partial charge in [0.25, 0.3) is 0 Å². The van der Waals surface area contributed by atoms with Crippen molar-refractivity contribution in [1.82, 2.24) is 10.2 Å². The summed E-state index contributed by atoms with van der Waals surface area (Å²) in [4.78, 5) is 27.3. The van der Waals surface area contributed by atoms with Crippen molar-refractivity contribution >= 4 is 11.8 Å². The van der Waals surface area contributed by atoms with Crippen molar-refractivity contribution in [1.29, 1.82) is 0 Å². The molecule has 0 unspecified atom stereocenters. The van der Waals surface area contributed by atoms with E-state index in [0.717, 1.165) is 29.5 Å². The highest BCUT2D eigenvalue weighted by atomic mass is 16.2. The van der Waals surface area contributed by atoms with Gasteiger partial charge in [-0.2, -0.15) is 0 Å². The van der Waals surface area contributed by atoms with Gasteiger partial charge in [-0.15, -0.1) is 0 Å². The molecule has 1 N–H and O–H groups in total. The maximum atomic E-state index is 13.0. The number of benzene rings is 2. The zero-order valence-corrected chi connectivity index (χ0v) is 16.6. The Morgan fingerprint density at radius 2 is 1.74 bits per heavy atom. The standard InChI is InChI=1S/C23H30N2O2/c1-4-5-14-24-23(27)19(3)25(17-21-13-9-10-18(2)15-21)22(26)16-20-11-7-6-8-12-20/h6-13,15,19H,4-5,14,16-17H2,1-3H3,(H,24,27)/t19-/m0/s1. The van der Waals surface area contributed by atoms with E-state index in [0.29, 0.717) is 19.5 Å².